The van der Waals surface area contributed by atoms with Crippen molar-refractivity contribution in [3.05, 3.63) is 137 Å². The number of benzene rings is 5. The number of azo groups is 2. The van der Waals surface area contributed by atoms with Crippen LogP contribution in [0.3, 0.4) is 0 Å². The Morgan fingerprint density at radius 2 is 1.39 bits per heavy atom. The molecule has 4 N–H and O–H groups in total. The second kappa shape index (κ2) is 17.0. The molecule has 0 saturated heterocycles. The fourth-order valence-electron chi connectivity index (χ4n) is 5.95. The molecule has 0 bridgehead atoms. The van der Waals surface area contributed by atoms with Gasteiger partial charge in [-0.1, -0.05) is 71.5 Å². The summed E-state index contributed by atoms with van der Waals surface area (Å²) in [6, 6.07) is 29.5. The molecule has 2 heterocycles. The number of hydrogen-bond acceptors (Lipinski definition) is 15. The first kappa shape index (κ1) is 42.8. The van der Waals surface area contributed by atoms with Crippen molar-refractivity contribution in [2.75, 3.05) is 5.32 Å². The molecular weight excluding hydrogens is 888 g/mol. The van der Waals surface area contributed by atoms with E-state index in [9.17, 15) is 44.2 Å². The first-order valence-electron chi connectivity index (χ1n) is 17.3. The molecule has 5 aromatic carbocycles. The molecule has 2 aromatic heterocycles. The molecule has 0 aliphatic carbocycles. The Bertz CT molecular complexity index is 3320. The summed E-state index contributed by atoms with van der Waals surface area (Å²) < 4.78 is 98.9. The number of aromatic nitrogens is 2. The predicted molar refractivity (Wildman–Crippen MR) is 227 cm³/mol. The number of nitrogens with one attached hydrogen (secondary N) is 1. The SMILES string of the molecule is Cc1c(C#N)c(Cc2ccc(S(=O)(=O)O)cc2)nc(Nc2ccc(S(=O)(=O)O)cc2)c1N=Nc1nc(-c2ccc3ccccc3c2)c(N=Nc2ccc(Cl)c(S(=O)(=O)O)c2)s1. The van der Waals surface area contributed by atoms with Gasteiger partial charge in [-0.05, 0) is 83.9 Å². The second-order valence-electron chi connectivity index (χ2n) is 13.0. The summed E-state index contributed by atoms with van der Waals surface area (Å²) in [5, 5.41) is 32.8. The Hall–Kier alpha value is -6.35. The smallest absolute Gasteiger partial charge is 0.296 e. The topological polar surface area (TPSA) is 274 Å². The Kier molecular flexibility index (Phi) is 11.9. The maximum Gasteiger partial charge on any atom is 0.296 e. The molecule has 308 valence electrons. The van der Waals surface area contributed by atoms with Crippen molar-refractivity contribution in [3.63, 3.8) is 0 Å². The van der Waals surface area contributed by atoms with Crippen molar-refractivity contribution in [1.82, 2.24) is 9.97 Å². The molecule has 0 fully saturated rings. The minimum atomic E-state index is -4.67. The van der Waals surface area contributed by atoms with Gasteiger partial charge in [0.25, 0.3) is 30.4 Å². The van der Waals surface area contributed by atoms with Crippen molar-refractivity contribution in [1.29, 1.82) is 5.26 Å². The maximum absolute atomic E-state index is 11.9. The highest BCUT2D eigenvalue weighted by molar-refractivity contribution is 7.86. The molecule has 0 amide bonds. The molecule has 0 aliphatic heterocycles. The molecule has 0 aliphatic rings. The lowest BCUT2D eigenvalue weighted by molar-refractivity contribution is 0.481. The normalized spacial score (nSPS) is 12.3. The molecule has 7 aromatic rings. The lowest BCUT2D eigenvalue weighted by Gasteiger charge is -2.15. The quantitative estimate of drug-likeness (QED) is 0.0657. The van der Waals surface area contributed by atoms with Crippen LogP contribution in [-0.4, -0.2) is 48.9 Å². The summed E-state index contributed by atoms with van der Waals surface area (Å²) in [6.45, 7) is 1.61. The second-order valence-corrected chi connectivity index (χ2v) is 18.6. The van der Waals surface area contributed by atoms with Crippen LogP contribution in [0, 0.1) is 18.3 Å². The summed E-state index contributed by atoms with van der Waals surface area (Å²) in [4.78, 5) is 8.17. The summed E-state index contributed by atoms with van der Waals surface area (Å²) in [7, 11) is -13.6. The van der Waals surface area contributed by atoms with E-state index >= 15 is 0 Å². The third-order valence-corrected chi connectivity index (χ3v) is 12.8. The zero-order valence-corrected chi connectivity index (χ0v) is 35.1. The highest BCUT2D eigenvalue weighted by atomic mass is 35.5. The lowest BCUT2D eigenvalue weighted by Crippen LogP contribution is -2.05. The Morgan fingerprint density at radius 1 is 0.738 bits per heavy atom. The van der Waals surface area contributed by atoms with Crippen LogP contribution in [0.15, 0.2) is 144 Å². The van der Waals surface area contributed by atoms with Crippen molar-refractivity contribution < 1.29 is 38.9 Å². The first-order valence-corrected chi connectivity index (χ1v) is 22.8. The molecule has 61 heavy (non-hydrogen) atoms. The number of halogens is 1. The number of fused-ring (bicyclic) bond motifs is 1. The molecule has 0 radical (unpaired) electrons. The molecule has 17 nitrogen and oxygen atoms in total. The number of anilines is 2. The van der Waals surface area contributed by atoms with E-state index in [0.717, 1.165) is 28.2 Å². The van der Waals surface area contributed by atoms with Gasteiger partial charge in [-0.3, -0.25) is 13.7 Å². The Balaban J connectivity index is 1.33. The average molecular weight is 915 g/mol. The minimum absolute atomic E-state index is 0.0403. The largest absolute Gasteiger partial charge is 0.338 e. The molecule has 7 rings (SSSR count). The third-order valence-electron chi connectivity index (χ3n) is 8.91. The number of nitriles is 1. The van der Waals surface area contributed by atoms with Crippen LogP contribution in [0.5, 0.6) is 0 Å². The van der Waals surface area contributed by atoms with Crippen molar-refractivity contribution in [2.24, 2.45) is 20.5 Å². The van der Waals surface area contributed by atoms with Gasteiger partial charge in [-0.15, -0.1) is 20.5 Å². The first-order chi connectivity index (χ1) is 28.9. The highest BCUT2D eigenvalue weighted by Crippen LogP contribution is 2.43. The van der Waals surface area contributed by atoms with Gasteiger partial charge in [0.2, 0.25) is 5.13 Å². The van der Waals surface area contributed by atoms with E-state index in [1.165, 1.54) is 60.7 Å². The third kappa shape index (κ3) is 9.83. The predicted octanol–water partition coefficient (Wildman–Crippen LogP) is 10.1. The van der Waals surface area contributed by atoms with E-state index < -0.39 is 35.2 Å². The Morgan fingerprint density at radius 3 is 2.03 bits per heavy atom. The zero-order valence-electron chi connectivity index (χ0n) is 31.0. The van der Waals surface area contributed by atoms with Crippen LogP contribution in [-0.2, 0) is 36.8 Å². The minimum Gasteiger partial charge on any atom is -0.338 e. The molecule has 0 unspecified atom stereocenters. The summed E-state index contributed by atoms with van der Waals surface area (Å²) >= 11 is 6.96. The summed E-state index contributed by atoms with van der Waals surface area (Å²) in [5.74, 6) is 0.0769. The van der Waals surface area contributed by atoms with Gasteiger partial charge < -0.3 is 5.32 Å². The van der Waals surface area contributed by atoms with Crippen LogP contribution in [0.2, 0.25) is 5.02 Å². The molecular formula is C39H27ClN8O9S4. The summed E-state index contributed by atoms with van der Waals surface area (Å²) in [6.07, 6.45) is 0.0403. The highest BCUT2D eigenvalue weighted by Gasteiger charge is 2.21. The van der Waals surface area contributed by atoms with Gasteiger partial charge in [0.05, 0.1) is 31.8 Å². The molecule has 0 saturated carbocycles. The van der Waals surface area contributed by atoms with Crippen LogP contribution in [0.4, 0.5) is 33.0 Å². The number of nitrogens with zero attached hydrogens (tertiary/aromatic N) is 7. The van der Waals surface area contributed by atoms with Crippen molar-refractivity contribution >= 4 is 97.1 Å². The number of rotatable bonds is 12. The zero-order chi connectivity index (χ0) is 43.7. The fourth-order valence-corrected chi connectivity index (χ4v) is 8.63. The number of hydrogen-bond donors (Lipinski definition) is 4. The monoisotopic (exact) mass is 914 g/mol. The van der Waals surface area contributed by atoms with Crippen molar-refractivity contribution in [3.8, 4) is 17.3 Å². The van der Waals surface area contributed by atoms with E-state index in [-0.39, 0.29) is 59.8 Å². The lowest BCUT2D eigenvalue weighted by atomic mass is 10.0. The van der Waals surface area contributed by atoms with Gasteiger partial charge in [0, 0.05) is 23.2 Å². The van der Waals surface area contributed by atoms with Crippen LogP contribution < -0.4 is 5.32 Å². The van der Waals surface area contributed by atoms with Gasteiger partial charge in [0.15, 0.2) is 10.8 Å². The van der Waals surface area contributed by atoms with E-state index in [0.29, 0.717) is 28.1 Å². The van der Waals surface area contributed by atoms with Crippen molar-refractivity contribution in [2.45, 2.75) is 28.0 Å². The van der Waals surface area contributed by atoms with E-state index in [1.807, 2.05) is 42.5 Å². The van der Waals surface area contributed by atoms with Gasteiger partial charge in [-0.2, -0.15) is 30.5 Å². The van der Waals surface area contributed by atoms with Gasteiger partial charge in [-0.25, -0.2) is 9.97 Å². The Labute approximate surface area is 357 Å². The van der Waals surface area contributed by atoms with Gasteiger partial charge in [0.1, 0.15) is 22.3 Å². The molecule has 0 spiro atoms. The van der Waals surface area contributed by atoms with E-state index in [4.69, 9.17) is 21.6 Å². The number of thiazole rings is 1. The fraction of sp³-hybridized carbons (Fsp3) is 0.0513. The van der Waals surface area contributed by atoms with E-state index in [1.54, 1.807) is 6.92 Å². The van der Waals surface area contributed by atoms with Crippen LogP contribution >= 0.6 is 22.9 Å². The summed E-state index contributed by atoms with van der Waals surface area (Å²) in [5.41, 5.74) is 2.69. The number of pyridine rings is 1. The standard InChI is InChI=1S/C39H27ClN8O9S4/c1-22-31(21-41)33(18-23-6-13-29(14-7-23)59(49,50)51)43-37(42-27-10-15-30(16-11-27)60(52,53)54)35(22)46-48-39-44-36(26-9-8-24-4-2-3-5-25(24)19-26)38(58-39)47-45-28-12-17-32(40)34(20-28)61(55,56)57/h2-17,19-20H,18H2,1H3,(H,42,43)(H,49,50,51)(H,52,53,54)(H,55,56,57). The average Bonchev–Trinajstić information content (AvgIpc) is 3.62. The molecule has 22 heteroatoms. The maximum atomic E-state index is 11.9. The van der Waals surface area contributed by atoms with E-state index in [2.05, 4.69) is 31.8 Å². The van der Waals surface area contributed by atoms with Crippen LogP contribution in [0.1, 0.15) is 22.4 Å². The molecule has 0 atom stereocenters. The van der Waals surface area contributed by atoms with Crippen LogP contribution in [0.25, 0.3) is 22.0 Å². The van der Waals surface area contributed by atoms with Gasteiger partial charge >= 0.3 is 0 Å².